The van der Waals surface area contributed by atoms with Gasteiger partial charge in [-0.25, -0.2) is 0 Å². The van der Waals surface area contributed by atoms with E-state index >= 15 is 0 Å². The Morgan fingerprint density at radius 2 is 2.10 bits per heavy atom. The molecule has 1 saturated heterocycles. The molecule has 6 heteroatoms. The molecule has 0 aromatic heterocycles. The summed E-state index contributed by atoms with van der Waals surface area (Å²) in [6.07, 6.45) is 0. The summed E-state index contributed by atoms with van der Waals surface area (Å²) in [7, 11) is 1.84. The standard InChI is InChI=1S/C14H18ClN3O2/c1-14(2)13(20)17-11(19)8-18(14)12-9(7-16-3)5-4-6-10(12)15/h4-6,16H,7-8H2,1-3H3,(H,17,19,20). The largest absolute Gasteiger partial charge is 0.347 e. The third-order valence-electron chi connectivity index (χ3n) is 3.49. The van der Waals surface area contributed by atoms with E-state index in [1.165, 1.54) is 0 Å². The van der Waals surface area contributed by atoms with Gasteiger partial charge in [-0.15, -0.1) is 0 Å². The molecule has 1 aromatic carbocycles. The first-order valence-corrected chi connectivity index (χ1v) is 6.79. The predicted octanol–water partition coefficient (Wildman–Crippen LogP) is 1.30. The van der Waals surface area contributed by atoms with E-state index in [9.17, 15) is 9.59 Å². The van der Waals surface area contributed by atoms with Gasteiger partial charge in [0.2, 0.25) is 5.91 Å². The molecule has 2 rings (SSSR count). The van der Waals surface area contributed by atoms with Gasteiger partial charge in [0.1, 0.15) is 5.54 Å². The first-order chi connectivity index (χ1) is 9.37. The van der Waals surface area contributed by atoms with Crippen molar-refractivity contribution in [2.24, 2.45) is 0 Å². The van der Waals surface area contributed by atoms with Crippen molar-refractivity contribution in [2.45, 2.75) is 25.9 Å². The summed E-state index contributed by atoms with van der Waals surface area (Å²) in [4.78, 5) is 25.5. The number of amides is 2. The van der Waals surface area contributed by atoms with E-state index < -0.39 is 5.54 Å². The molecule has 2 amide bonds. The molecular weight excluding hydrogens is 278 g/mol. The fourth-order valence-electron chi connectivity index (χ4n) is 2.34. The summed E-state index contributed by atoms with van der Waals surface area (Å²) >= 11 is 6.31. The zero-order valence-corrected chi connectivity index (χ0v) is 12.5. The average Bonchev–Trinajstić information content (AvgIpc) is 2.36. The lowest BCUT2D eigenvalue weighted by Gasteiger charge is -2.43. The molecule has 1 aliphatic rings. The number of para-hydroxylation sites is 1. The van der Waals surface area contributed by atoms with Crippen LogP contribution in [0.4, 0.5) is 5.69 Å². The number of nitrogens with zero attached hydrogens (tertiary/aromatic N) is 1. The van der Waals surface area contributed by atoms with Crippen LogP contribution in [0.15, 0.2) is 18.2 Å². The Morgan fingerprint density at radius 1 is 1.40 bits per heavy atom. The molecule has 20 heavy (non-hydrogen) atoms. The van der Waals surface area contributed by atoms with Crippen molar-refractivity contribution in [3.63, 3.8) is 0 Å². The van der Waals surface area contributed by atoms with Crippen molar-refractivity contribution < 1.29 is 9.59 Å². The highest BCUT2D eigenvalue weighted by Crippen LogP contribution is 2.35. The molecule has 0 unspecified atom stereocenters. The third kappa shape index (κ3) is 2.51. The lowest BCUT2D eigenvalue weighted by atomic mass is 9.96. The second-order valence-electron chi connectivity index (χ2n) is 5.30. The lowest BCUT2D eigenvalue weighted by molar-refractivity contribution is -0.135. The van der Waals surface area contributed by atoms with E-state index in [1.54, 1.807) is 24.8 Å². The molecule has 1 heterocycles. The molecule has 0 spiro atoms. The summed E-state index contributed by atoms with van der Waals surface area (Å²) in [6.45, 7) is 4.28. The Hall–Kier alpha value is -1.59. The van der Waals surface area contributed by atoms with Crippen molar-refractivity contribution in [3.05, 3.63) is 28.8 Å². The highest BCUT2D eigenvalue weighted by molar-refractivity contribution is 6.33. The molecule has 0 atom stereocenters. The van der Waals surface area contributed by atoms with Gasteiger partial charge < -0.3 is 10.2 Å². The van der Waals surface area contributed by atoms with Crippen LogP contribution in [-0.4, -0.2) is 30.9 Å². The number of carbonyl (C=O) groups is 2. The number of imide groups is 1. The van der Waals surface area contributed by atoms with E-state index in [1.807, 2.05) is 19.2 Å². The number of hydrogen-bond acceptors (Lipinski definition) is 4. The highest BCUT2D eigenvalue weighted by atomic mass is 35.5. The maximum Gasteiger partial charge on any atom is 0.251 e. The summed E-state index contributed by atoms with van der Waals surface area (Å²) in [6, 6.07) is 5.56. The topological polar surface area (TPSA) is 61.4 Å². The fraction of sp³-hybridized carbons (Fsp3) is 0.429. The van der Waals surface area contributed by atoms with Crippen molar-refractivity contribution >= 4 is 29.1 Å². The van der Waals surface area contributed by atoms with Gasteiger partial charge in [0, 0.05) is 6.54 Å². The third-order valence-corrected chi connectivity index (χ3v) is 3.80. The minimum absolute atomic E-state index is 0.110. The van der Waals surface area contributed by atoms with Gasteiger partial charge in [-0.05, 0) is 32.5 Å². The predicted molar refractivity (Wildman–Crippen MR) is 78.8 cm³/mol. The zero-order valence-electron chi connectivity index (χ0n) is 11.8. The Morgan fingerprint density at radius 3 is 2.75 bits per heavy atom. The molecule has 5 nitrogen and oxygen atoms in total. The van der Waals surface area contributed by atoms with Gasteiger partial charge >= 0.3 is 0 Å². The summed E-state index contributed by atoms with van der Waals surface area (Å²) in [5.74, 6) is -0.631. The van der Waals surface area contributed by atoms with Gasteiger partial charge in [-0.1, -0.05) is 23.7 Å². The van der Waals surface area contributed by atoms with E-state index in [0.717, 1.165) is 11.3 Å². The first-order valence-electron chi connectivity index (χ1n) is 6.42. The quantitative estimate of drug-likeness (QED) is 0.825. The number of nitrogens with one attached hydrogen (secondary N) is 2. The number of benzene rings is 1. The van der Waals surface area contributed by atoms with Gasteiger partial charge in [0.25, 0.3) is 5.91 Å². The van der Waals surface area contributed by atoms with Gasteiger partial charge in [-0.3, -0.25) is 14.9 Å². The van der Waals surface area contributed by atoms with Crippen LogP contribution in [-0.2, 0) is 16.1 Å². The smallest absolute Gasteiger partial charge is 0.251 e. The van der Waals surface area contributed by atoms with E-state index in [0.29, 0.717) is 11.6 Å². The van der Waals surface area contributed by atoms with Crippen LogP contribution in [0.2, 0.25) is 5.02 Å². The normalized spacial score (nSPS) is 18.1. The first kappa shape index (κ1) is 14.8. The maximum absolute atomic E-state index is 12.1. The Kier molecular flexibility index (Phi) is 4.01. The number of halogens is 1. The number of carbonyl (C=O) groups excluding carboxylic acids is 2. The molecule has 1 aliphatic heterocycles. The van der Waals surface area contributed by atoms with E-state index in [4.69, 9.17) is 11.6 Å². The number of rotatable bonds is 3. The van der Waals surface area contributed by atoms with Crippen LogP contribution in [0, 0.1) is 0 Å². The molecule has 2 N–H and O–H groups in total. The molecule has 0 aliphatic carbocycles. The Labute approximate surface area is 123 Å². The maximum atomic E-state index is 12.1. The van der Waals surface area contributed by atoms with Crippen LogP contribution in [0.3, 0.4) is 0 Å². The lowest BCUT2D eigenvalue weighted by Crippen LogP contribution is -2.64. The van der Waals surface area contributed by atoms with Crippen molar-refractivity contribution in [1.82, 2.24) is 10.6 Å². The molecule has 0 radical (unpaired) electrons. The Balaban J connectivity index is 2.53. The second-order valence-corrected chi connectivity index (χ2v) is 5.71. The van der Waals surface area contributed by atoms with Gasteiger partial charge in [0.05, 0.1) is 17.3 Å². The molecule has 108 valence electrons. The van der Waals surface area contributed by atoms with E-state index in [2.05, 4.69) is 10.6 Å². The van der Waals surface area contributed by atoms with Crippen LogP contribution in [0.1, 0.15) is 19.4 Å². The summed E-state index contributed by atoms with van der Waals surface area (Å²) in [5, 5.41) is 5.97. The molecular formula is C14H18ClN3O2. The fourth-order valence-corrected chi connectivity index (χ4v) is 2.63. The molecule has 0 bridgehead atoms. The summed E-state index contributed by atoms with van der Waals surface area (Å²) < 4.78 is 0. The summed E-state index contributed by atoms with van der Waals surface area (Å²) in [5.41, 5.74) is 0.855. The van der Waals surface area contributed by atoms with Crippen molar-refractivity contribution in [1.29, 1.82) is 0 Å². The minimum atomic E-state index is -0.832. The highest BCUT2D eigenvalue weighted by Gasteiger charge is 2.42. The van der Waals surface area contributed by atoms with Crippen LogP contribution < -0.4 is 15.5 Å². The van der Waals surface area contributed by atoms with Gasteiger partial charge in [0.15, 0.2) is 0 Å². The number of hydrogen-bond donors (Lipinski definition) is 2. The average molecular weight is 296 g/mol. The minimum Gasteiger partial charge on any atom is -0.347 e. The number of anilines is 1. The number of piperazine rings is 1. The monoisotopic (exact) mass is 295 g/mol. The molecule has 1 fully saturated rings. The zero-order chi connectivity index (χ0) is 14.9. The molecule has 0 saturated carbocycles. The van der Waals surface area contributed by atoms with Crippen LogP contribution in [0.5, 0.6) is 0 Å². The van der Waals surface area contributed by atoms with Gasteiger partial charge in [-0.2, -0.15) is 0 Å². The van der Waals surface area contributed by atoms with Crippen molar-refractivity contribution in [2.75, 3.05) is 18.5 Å². The van der Waals surface area contributed by atoms with Crippen LogP contribution >= 0.6 is 11.6 Å². The SMILES string of the molecule is CNCc1cccc(Cl)c1N1CC(=O)NC(=O)C1(C)C. The van der Waals surface area contributed by atoms with Crippen LogP contribution in [0.25, 0.3) is 0 Å². The second kappa shape index (κ2) is 5.42. The van der Waals surface area contributed by atoms with E-state index in [-0.39, 0.29) is 18.4 Å². The van der Waals surface area contributed by atoms with Crippen molar-refractivity contribution in [3.8, 4) is 0 Å². The Bertz CT molecular complexity index is 557. The molecule has 1 aromatic rings.